The average Bonchev–Trinajstić information content (AvgIpc) is 2.32. The number of carbonyl (C=O) groups excluding carboxylic acids is 1. The quantitative estimate of drug-likeness (QED) is 0.471. The molecule has 0 fully saturated rings. The van der Waals surface area contributed by atoms with Crippen molar-refractivity contribution in [2.45, 2.75) is 52.9 Å². The Morgan fingerprint density at radius 1 is 1.16 bits per heavy atom. The van der Waals surface area contributed by atoms with E-state index in [0.717, 1.165) is 25.7 Å². The van der Waals surface area contributed by atoms with Crippen molar-refractivity contribution in [3.05, 3.63) is 0 Å². The van der Waals surface area contributed by atoms with Gasteiger partial charge in [0.1, 0.15) is 0 Å². The summed E-state index contributed by atoms with van der Waals surface area (Å²) in [6.07, 6.45) is 3.67. The minimum atomic E-state index is -0.917. The molecular weight excluding hydrogens is 248 g/mol. The van der Waals surface area contributed by atoms with Crippen LogP contribution in [0.2, 0.25) is 0 Å². The predicted octanol–water partition coefficient (Wildman–Crippen LogP) is 2.22. The second-order valence-electron chi connectivity index (χ2n) is 5.60. The smallest absolute Gasteiger partial charge is 0.309 e. The van der Waals surface area contributed by atoms with Crippen LogP contribution in [0.1, 0.15) is 52.9 Å². The van der Waals surface area contributed by atoms with Gasteiger partial charge in [-0.05, 0) is 39.5 Å². The number of carboxylic acids is 1. The van der Waals surface area contributed by atoms with E-state index in [9.17, 15) is 9.59 Å². The zero-order chi connectivity index (χ0) is 14.9. The molecule has 0 aliphatic rings. The number of aliphatic hydroxyl groups excluding tert-OH is 1. The Morgan fingerprint density at radius 3 is 2.26 bits per heavy atom. The number of ether oxygens (including phenoxy) is 1. The molecule has 0 radical (unpaired) electrons. The number of carbonyl (C=O) groups is 2. The van der Waals surface area contributed by atoms with Gasteiger partial charge in [0.15, 0.2) is 0 Å². The highest BCUT2D eigenvalue weighted by molar-refractivity contribution is 5.76. The van der Waals surface area contributed by atoms with Crippen LogP contribution in [-0.2, 0) is 14.3 Å². The fraction of sp³-hybridized carbons (Fsp3) is 0.857. The van der Waals surface area contributed by atoms with E-state index in [1.54, 1.807) is 20.8 Å². The number of aliphatic hydroxyl groups is 1. The zero-order valence-electron chi connectivity index (χ0n) is 12.1. The maximum absolute atomic E-state index is 11.7. The summed E-state index contributed by atoms with van der Waals surface area (Å²) < 4.78 is 5.12. The Balaban J connectivity index is 3.85. The second-order valence-corrected chi connectivity index (χ2v) is 5.60. The van der Waals surface area contributed by atoms with Crippen LogP contribution in [0.5, 0.6) is 0 Å². The van der Waals surface area contributed by atoms with Crippen molar-refractivity contribution < 1.29 is 24.5 Å². The summed E-state index contributed by atoms with van der Waals surface area (Å²) in [4.78, 5) is 22.6. The monoisotopic (exact) mass is 274 g/mol. The van der Waals surface area contributed by atoms with Gasteiger partial charge >= 0.3 is 11.9 Å². The van der Waals surface area contributed by atoms with Gasteiger partial charge in [0.05, 0.1) is 17.9 Å². The van der Waals surface area contributed by atoms with Crippen LogP contribution in [0.4, 0.5) is 0 Å². The van der Waals surface area contributed by atoms with E-state index in [-0.39, 0.29) is 19.0 Å². The van der Waals surface area contributed by atoms with E-state index in [0.29, 0.717) is 6.61 Å². The van der Waals surface area contributed by atoms with Crippen LogP contribution in [0.15, 0.2) is 0 Å². The standard InChI is InChI=1S/C14H26O5/c1-11(10-14(2,3)13(17)18)12(16)19-9-7-5-4-6-8-15/h11,15H,4-10H2,1-3H3,(H,17,18). The van der Waals surface area contributed by atoms with E-state index in [1.807, 2.05) is 0 Å². The summed E-state index contributed by atoms with van der Waals surface area (Å²) in [5.74, 6) is -1.66. The topological polar surface area (TPSA) is 83.8 Å². The highest BCUT2D eigenvalue weighted by Crippen LogP contribution is 2.26. The molecule has 0 aromatic rings. The Hall–Kier alpha value is -1.10. The molecule has 2 N–H and O–H groups in total. The number of esters is 1. The Morgan fingerprint density at radius 2 is 1.74 bits per heavy atom. The van der Waals surface area contributed by atoms with Crippen LogP contribution in [-0.4, -0.2) is 35.4 Å². The molecule has 0 amide bonds. The molecule has 1 unspecified atom stereocenters. The summed E-state index contributed by atoms with van der Waals surface area (Å²) in [6, 6.07) is 0. The Bertz CT molecular complexity index is 286. The largest absolute Gasteiger partial charge is 0.481 e. The lowest BCUT2D eigenvalue weighted by Gasteiger charge is -2.22. The molecule has 0 rings (SSSR count). The molecule has 112 valence electrons. The molecule has 0 aliphatic carbocycles. The fourth-order valence-corrected chi connectivity index (χ4v) is 1.82. The Labute approximate surface area is 115 Å². The van der Waals surface area contributed by atoms with Gasteiger partial charge in [0.2, 0.25) is 0 Å². The number of carboxylic acid groups (broad SMARTS) is 1. The molecule has 0 heterocycles. The first kappa shape index (κ1) is 17.9. The third-order valence-corrected chi connectivity index (χ3v) is 3.09. The molecule has 0 spiro atoms. The lowest BCUT2D eigenvalue weighted by molar-refractivity contribution is -0.153. The molecule has 0 aromatic carbocycles. The van der Waals surface area contributed by atoms with Crippen molar-refractivity contribution in [1.82, 2.24) is 0 Å². The van der Waals surface area contributed by atoms with Crippen molar-refractivity contribution in [2.75, 3.05) is 13.2 Å². The minimum absolute atomic E-state index is 0.196. The van der Waals surface area contributed by atoms with Gasteiger partial charge in [-0.1, -0.05) is 13.3 Å². The van der Waals surface area contributed by atoms with Crippen molar-refractivity contribution in [3.63, 3.8) is 0 Å². The van der Waals surface area contributed by atoms with Crippen LogP contribution < -0.4 is 0 Å². The number of rotatable bonds is 10. The first-order valence-corrected chi connectivity index (χ1v) is 6.82. The summed E-state index contributed by atoms with van der Waals surface area (Å²) in [5, 5.41) is 17.6. The molecule has 0 bridgehead atoms. The number of hydrogen-bond acceptors (Lipinski definition) is 4. The van der Waals surface area contributed by atoms with Crippen LogP contribution >= 0.6 is 0 Å². The molecule has 19 heavy (non-hydrogen) atoms. The number of hydrogen-bond donors (Lipinski definition) is 2. The summed E-state index contributed by atoms with van der Waals surface area (Å²) >= 11 is 0. The van der Waals surface area contributed by atoms with E-state index < -0.39 is 17.3 Å². The molecule has 0 saturated heterocycles. The van der Waals surface area contributed by atoms with Gasteiger partial charge < -0.3 is 14.9 Å². The Kier molecular flexibility index (Phi) is 8.39. The molecule has 5 nitrogen and oxygen atoms in total. The third-order valence-electron chi connectivity index (χ3n) is 3.09. The van der Waals surface area contributed by atoms with Crippen LogP contribution in [0.3, 0.4) is 0 Å². The molecule has 5 heteroatoms. The van der Waals surface area contributed by atoms with Crippen LogP contribution in [0.25, 0.3) is 0 Å². The summed E-state index contributed by atoms with van der Waals surface area (Å²) in [6.45, 7) is 5.46. The third kappa shape index (κ3) is 7.82. The molecule has 1 atom stereocenters. The fourth-order valence-electron chi connectivity index (χ4n) is 1.82. The maximum Gasteiger partial charge on any atom is 0.309 e. The first-order valence-electron chi connectivity index (χ1n) is 6.82. The first-order chi connectivity index (χ1) is 8.81. The SMILES string of the molecule is CC(CC(C)(C)C(=O)O)C(=O)OCCCCCCO. The van der Waals surface area contributed by atoms with Crippen molar-refractivity contribution in [3.8, 4) is 0 Å². The highest BCUT2D eigenvalue weighted by atomic mass is 16.5. The maximum atomic E-state index is 11.7. The molecule has 0 aliphatic heterocycles. The zero-order valence-corrected chi connectivity index (χ0v) is 12.1. The highest BCUT2D eigenvalue weighted by Gasteiger charge is 2.32. The average molecular weight is 274 g/mol. The van der Waals surface area contributed by atoms with Crippen molar-refractivity contribution >= 4 is 11.9 Å². The van der Waals surface area contributed by atoms with Crippen molar-refractivity contribution in [1.29, 1.82) is 0 Å². The molecular formula is C14H26O5. The normalized spacial score (nSPS) is 13.1. The summed E-state index contributed by atoms with van der Waals surface area (Å²) in [5.41, 5.74) is -0.917. The minimum Gasteiger partial charge on any atom is -0.481 e. The van der Waals surface area contributed by atoms with Gasteiger partial charge in [0.25, 0.3) is 0 Å². The lowest BCUT2D eigenvalue weighted by atomic mass is 9.83. The second kappa shape index (κ2) is 8.91. The van der Waals surface area contributed by atoms with Gasteiger partial charge in [-0.25, -0.2) is 0 Å². The lowest BCUT2D eigenvalue weighted by Crippen LogP contribution is -2.29. The van der Waals surface area contributed by atoms with E-state index >= 15 is 0 Å². The van der Waals surface area contributed by atoms with Gasteiger partial charge in [-0.3, -0.25) is 9.59 Å². The molecule has 0 aromatic heterocycles. The van der Waals surface area contributed by atoms with Gasteiger partial charge in [-0.2, -0.15) is 0 Å². The molecule has 0 saturated carbocycles. The number of aliphatic carboxylic acids is 1. The van der Waals surface area contributed by atoms with Crippen LogP contribution in [0, 0.1) is 11.3 Å². The summed E-state index contributed by atoms with van der Waals surface area (Å²) in [7, 11) is 0. The van der Waals surface area contributed by atoms with E-state index in [4.69, 9.17) is 14.9 Å². The predicted molar refractivity (Wildman–Crippen MR) is 71.7 cm³/mol. The van der Waals surface area contributed by atoms with E-state index in [1.165, 1.54) is 0 Å². The van der Waals surface area contributed by atoms with Gasteiger partial charge in [0, 0.05) is 6.61 Å². The van der Waals surface area contributed by atoms with Crippen molar-refractivity contribution in [2.24, 2.45) is 11.3 Å². The van der Waals surface area contributed by atoms with Gasteiger partial charge in [-0.15, -0.1) is 0 Å². The van der Waals surface area contributed by atoms with E-state index in [2.05, 4.69) is 0 Å². The number of unbranched alkanes of at least 4 members (excludes halogenated alkanes) is 3.